The van der Waals surface area contributed by atoms with E-state index < -0.39 is 0 Å². The minimum atomic E-state index is -0.171. The van der Waals surface area contributed by atoms with Crippen molar-refractivity contribution in [1.29, 1.82) is 0 Å². The Kier molecular flexibility index (Phi) is 28.9. The Morgan fingerprint density at radius 1 is 0.436 bits per heavy atom. The van der Waals surface area contributed by atoms with Crippen molar-refractivity contribution in [2.75, 3.05) is 50.1 Å². The summed E-state index contributed by atoms with van der Waals surface area (Å²) in [6.07, 6.45) is 28.6. The van der Waals surface area contributed by atoms with Crippen molar-refractivity contribution in [3.8, 4) is 0 Å². The van der Waals surface area contributed by atoms with Gasteiger partial charge in [-0.15, -0.1) is 0 Å². The smallest absolute Gasteiger partial charge is 0.320 e. The third kappa shape index (κ3) is 25.6. The molecule has 312 valence electrons. The lowest BCUT2D eigenvalue weighted by atomic mass is 10.0. The number of hydrogen-bond acceptors (Lipinski definition) is 4. The first kappa shape index (κ1) is 48.0. The van der Waals surface area contributed by atoms with E-state index in [2.05, 4.69) is 70.9 Å². The van der Waals surface area contributed by atoms with Gasteiger partial charge in [0.1, 0.15) is 0 Å². The number of hydrogen-bond donors (Lipinski definition) is 4. The predicted molar refractivity (Wildman–Crippen MR) is 237 cm³/mol. The van der Waals surface area contributed by atoms with Gasteiger partial charge in [-0.1, -0.05) is 168 Å². The largest absolute Gasteiger partial charge is 0.325 e. The predicted octanol–water partition coefficient (Wildman–Crippen LogP) is 12.7. The average Bonchev–Trinajstić information content (AvgIpc) is 3.18. The van der Waals surface area contributed by atoms with Gasteiger partial charge >= 0.3 is 12.1 Å². The summed E-state index contributed by atoms with van der Waals surface area (Å²) >= 11 is 0. The van der Waals surface area contributed by atoms with Crippen LogP contribution in [0.2, 0.25) is 0 Å². The molecule has 0 atom stereocenters. The Morgan fingerprint density at radius 3 is 1.07 bits per heavy atom. The van der Waals surface area contributed by atoms with Gasteiger partial charge in [-0.3, -0.25) is 9.80 Å². The maximum Gasteiger partial charge on any atom is 0.320 e. The average molecular weight is 763 g/mol. The highest BCUT2D eigenvalue weighted by atomic mass is 16.2. The fraction of sp³-hybridized carbons (Fsp3) is 0.702. The Morgan fingerprint density at radius 2 is 0.745 bits per heavy atom. The standard InChI is InChI=1S/C47H82N6O2/c1-5-9-13-17-21-25-35-52(33-23-19-15-11-7-3)40-48-46(54)50-44-31-27-29-42(38-44)37-43-30-28-32-45(39-43)51-47(55)49-41-53(34-24-20-16-12-8-4)36-26-22-18-14-10-6-2/h27-32,38-39H,5-26,33-37,40-41H2,1-4H3,(H2,48,50,54)(H2,49,51,55). The van der Waals surface area contributed by atoms with E-state index in [0.717, 1.165) is 48.7 Å². The second kappa shape index (κ2) is 33.1. The van der Waals surface area contributed by atoms with E-state index in [1.54, 1.807) is 0 Å². The van der Waals surface area contributed by atoms with Gasteiger partial charge < -0.3 is 21.3 Å². The molecule has 0 radical (unpaired) electrons. The van der Waals surface area contributed by atoms with Crippen molar-refractivity contribution >= 4 is 23.4 Å². The minimum absolute atomic E-state index is 0.171. The molecule has 0 saturated carbocycles. The van der Waals surface area contributed by atoms with Gasteiger partial charge in [-0.05, 0) is 93.7 Å². The van der Waals surface area contributed by atoms with Gasteiger partial charge in [0.05, 0.1) is 13.3 Å². The highest BCUT2D eigenvalue weighted by molar-refractivity contribution is 5.89. The number of nitrogens with one attached hydrogen (secondary N) is 4. The summed E-state index contributed by atoms with van der Waals surface area (Å²) in [6, 6.07) is 15.7. The zero-order chi connectivity index (χ0) is 39.6. The number of rotatable bonds is 34. The van der Waals surface area contributed by atoms with E-state index in [4.69, 9.17) is 0 Å². The number of unbranched alkanes of at least 4 members (excludes halogenated alkanes) is 18. The maximum absolute atomic E-state index is 13.0. The zero-order valence-electron chi connectivity index (χ0n) is 35.8. The third-order valence-electron chi connectivity index (χ3n) is 10.5. The monoisotopic (exact) mass is 763 g/mol. The summed E-state index contributed by atoms with van der Waals surface area (Å²) in [5, 5.41) is 12.4. The van der Waals surface area contributed by atoms with E-state index in [1.165, 1.54) is 141 Å². The van der Waals surface area contributed by atoms with Gasteiger partial charge in [0.2, 0.25) is 0 Å². The molecule has 0 aliphatic heterocycles. The lowest BCUT2D eigenvalue weighted by Gasteiger charge is -2.23. The van der Waals surface area contributed by atoms with Gasteiger partial charge in [0.25, 0.3) is 0 Å². The van der Waals surface area contributed by atoms with E-state index >= 15 is 0 Å². The third-order valence-corrected chi connectivity index (χ3v) is 10.5. The summed E-state index contributed by atoms with van der Waals surface area (Å²) in [5.74, 6) is 0. The van der Waals surface area contributed by atoms with Crippen LogP contribution in [0, 0.1) is 0 Å². The summed E-state index contributed by atoms with van der Waals surface area (Å²) in [7, 11) is 0. The molecule has 2 rings (SSSR count). The molecule has 2 aromatic rings. The topological polar surface area (TPSA) is 88.7 Å². The zero-order valence-corrected chi connectivity index (χ0v) is 35.8. The fourth-order valence-electron chi connectivity index (χ4n) is 7.12. The van der Waals surface area contributed by atoms with Gasteiger partial charge in [-0.2, -0.15) is 0 Å². The van der Waals surface area contributed by atoms with Crippen molar-refractivity contribution in [2.45, 2.75) is 175 Å². The van der Waals surface area contributed by atoms with Crippen LogP contribution in [0.25, 0.3) is 0 Å². The van der Waals surface area contributed by atoms with Crippen molar-refractivity contribution in [1.82, 2.24) is 20.4 Å². The van der Waals surface area contributed by atoms with E-state index in [1.807, 2.05) is 36.4 Å². The SMILES string of the molecule is CCCCCCCCN(CCCCCCC)CNC(=O)Nc1cccc(Cc2cccc(NC(=O)NCN(CCCCCCC)CCCCCCCC)c2)c1. The second-order valence-electron chi connectivity index (χ2n) is 15.8. The van der Waals surface area contributed by atoms with Gasteiger partial charge in [0, 0.05) is 11.4 Å². The number of carbonyl (C=O) groups is 2. The molecule has 0 heterocycles. The van der Waals surface area contributed by atoms with Crippen molar-refractivity contribution in [3.05, 3.63) is 59.7 Å². The van der Waals surface area contributed by atoms with Crippen LogP contribution in [-0.4, -0.2) is 61.4 Å². The molecule has 0 unspecified atom stereocenters. The molecule has 8 heteroatoms. The first-order chi connectivity index (χ1) is 27.0. The number of benzene rings is 2. The van der Waals surface area contributed by atoms with Crippen LogP contribution in [0.15, 0.2) is 48.5 Å². The molecular weight excluding hydrogens is 681 g/mol. The fourth-order valence-corrected chi connectivity index (χ4v) is 7.12. The van der Waals surface area contributed by atoms with E-state index in [9.17, 15) is 9.59 Å². The summed E-state index contributed by atoms with van der Waals surface area (Å²) < 4.78 is 0. The van der Waals surface area contributed by atoms with Crippen molar-refractivity contribution in [2.24, 2.45) is 0 Å². The summed E-state index contributed by atoms with van der Waals surface area (Å²) in [6.45, 7) is 14.3. The molecule has 0 aliphatic rings. The summed E-state index contributed by atoms with van der Waals surface area (Å²) in [5.41, 5.74) is 3.75. The van der Waals surface area contributed by atoms with Crippen molar-refractivity contribution < 1.29 is 9.59 Å². The second-order valence-corrected chi connectivity index (χ2v) is 15.8. The molecule has 0 saturated heterocycles. The van der Waals surface area contributed by atoms with Crippen LogP contribution >= 0.6 is 0 Å². The first-order valence-electron chi connectivity index (χ1n) is 22.7. The highest BCUT2D eigenvalue weighted by Crippen LogP contribution is 2.18. The number of amides is 4. The van der Waals surface area contributed by atoms with Crippen LogP contribution in [0.5, 0.6) is 0 Å². The molecule has 0 aromatic heterocycles. The Bertz CT molecular complexity index is 1150. The quantitative estimate of drug-likeness (QED) is 0.0422. The Labute approximate surface area is 337 Å². The highest BCUT2D eigenvalue weighted by Gasteiger charge is 2.11. The van der Waals surface area contributed by atoms with Gasteiger partial charge in [0.15, 0.2) is 0 Å². The normalized spacial score (nSPS) is 11.3. The molecule has 0 fully saturated rings. The number of anilines is 2. The molecular formula is C47H82N6O2. The van der Waals surface area contributed by atoms with Crippen LogP contribution in [0.4, 0.5) is 21.0 Å². The van der Waals surface area contributed by atoms with Gasteiger partial charge in [-0.25, -0.2) is 9.59 Å². The number of nitrogens with zero attached hydrogens (tertiary/aromatic N) is 2. The molecule has 0 bridgehead atoms. The Hall–Kier alpha value is -3.10. The molecule has 8 nitrogen and oxygen atoms in total. The number of urea groups is 2. The molecule has 4 amide bonds. The van der Waals surface area contributed by atoms with Crippen LogP contribution in [-0.2, 0) is 6.42 Å². The first-order valence-corrected chi connectivity index (χ1v) is 22.7. The molecule has 4 N–H and O–H groups in total. The lowest BCUT2D eigenvalue weighted by Crippen LogP contribution is -2.40. The molecule has 0 aliphatic carbocycles. The molecule has 55 heavy (non-hydrogen) atoms. The molecule has 2 aromatic carbocycles. The van der Waals surface area contributed by atoms with E-state index in [0.29, 0.717) is 19.8 Å². The minimum Gasteiger partial charge on any atom is -0.325 e. The molecule has 0 spiro atoms. The van der Waals surface area contributed by atoms with E-state index in [-0.39, 0.29) is 12.1 Å². The van der Waals surface area contributed by atoms with Crippen LogP contribution in [0.3, 0.4) is 0 Å². The lowest BCUT2D eigenvalue weighted by molar-refractivity contribution is 0.223. The van der Waals surface area contributed by atoms with Crippen LogP contribution < -0.4 is 21.3 Å². The maximum atomic E-state index is 13.0. The number of carbonyl (C=O) groups excluding carboxylic acids is 2. The summed E-state index contributed by atoms with van der Waals surface area (Å²) in [4.78, 5) is 30.8. The van der Waals surface area contributed by atoms with Crippen molar-refractivity contribution in [3.63, 3.8) is 0 Å². The Balaban J connectivity index is 1.85. The van der Waals surface area contributed by atoms with Crippen LogP contribution in [0.1, 0.15) is 180 Å².